The minimum atomic E-state index is 0.253. The maximum atomic E-state index is 6.26. The van der Waals surface area contributed by atoms with Gasteiger partial charge < -0.3 is 15.6 Å². The summed E-state index contributed by atoms with van der Waals surface area (Å²) in [6, 6.07) is 7.99. The molecule has 24 heavy (non-hydrogen) atoms. The molecule has 124 valence electrons. The predicted molar refractivity (Wildman–Crippen MR) is 95.0 cm³/mol. The van der Waals surface area contributed by atoms with Gasteiger partial charge in [0.05, 0.1) is 6.33 Å². The van der Waals surface area contributed by atoms with Gasteiger partial charge in [0.25, 0.3) is 0 Å². The van der Waals surface area contributed by atoms with Crippen LogP contribution in [0.25, 0.3) is 11.2 Å². The molecular weight excluding hydrogens is 326 g/mol. The molecule has 1 saturated heterocycles. The van der Waals surface area contributed by atoms with Gasteiger partial charge in [-0.05, 0) is 11.6 Å². The zero-order valence-corrected chi connectivity index (χ0v) is 13.9. The fourth-order valence-electron chi connectivity index (χ4n) is 3.05. The summed E-state index contributed by atoms with van der Waals surface area (Å²) in [5.41, 5.74) is 8.41. The number of H-pyrrole nitrogens is 1. The van der Waals surface area contributed by atoms with Crippen LogP contribution in [0.1, 0.15) is 5.56 Å². The van der Waals surface area contributed by atoms with Crippen LogP contribution in [0.5, 0.6) is 0 Å². The molecule has 0 aliphatic carbocycles. The highest BCUT2D eigenvalue weighted by Crippen LogP contribution is 2.24. The normalized spacial score (nSPS) is 16.0. The molecule has 0 radical (unpaired) electrons. The smallest absolute Gasteiger partial charge is 0.224 e. The van der Waals surface area contributed by atoms with E-state index >= 15 is 0 Å². The number of aromatic nitrogens is 4. The Bertz CT molecular complexity index is 855. The molecule has 0 atom stereocenters. The lowest BCUT2D eigenvalue weighted by Crippen LogP contribution is -2.46. The van der Waals surface area contributed by atoms with Gasteiger partial charge in [-0.2, -0.15) is 9.97 Å². The van der Waals surface area contributed by atoms with E-state index in [4.69, 9.17) is 17.3 Å². The van der Waals surface area contributed by atoms with Gasteiger partial charge >= 0.3 is 0 Å². The number of nitrogens with one attached hydrogen (secondary N) is 1. The number of hydrogen-bond donors (Lipinski definition) is 2. The Balaban J connectivity index is 1.48. The van der Waals surface area contributed by atoms with Crippen LogP contribution in [0.3, 0.4) is 0 Å². The van der Waals surface area contributed by atoms with Crippen molar-refractivity contribution in [2.45, 2.75) is 6.54 Å². The molecule has 0 amide bonds. The first kappa shape index (κ1) is 15.2. The van der Waals surface area contributed by atoms with Crippen LogP contribution in [-0.2, 0) is 6.54 Å². The number of nitrogen functional groups attached to an aromatic ring is 1. The Morgan fingerprint density at radius 3 is 2.71 bits per heavy atom. The van der Waals surface area contributed by atoms with E-state index < -0.39 is 0 Å². The molecule has 1 fully saturated rings. The molecule has 0 unspecified atom stereocenters. The molecule has 3 aromatic rings. The van der Waals surface area contributed by atoms with E-state index in [2.05, 4.69) is 35.8 Å². The first-order chi connectivity index (χ1) is 11.7. The van der Waals surface area contributed by atoms with Crippen molar-refractivity contribution < 1.29 is 0 Å². The van der Waals surface area contributed by atoms with Crippen LogP contribution in [-0.4, -0.2) is 51.0 Å². The van der Waals surface area contributed by atoms with Gasteiger partial charge in [0.1, 0.15) is 5.52 Å². The number of fused-ring (bicyclic) bond motifs is 1. The molecule has 3 heterocycles. The van der Waals surface area contributed by atoms with Gasteiger partial charge in [0.15, 0.2) is 11.5 Å². The average molecular weight is 344 g/mol. The number of piperazine rings is 1. The molecule has 2 aromatic heterocycles. The summed E-state index contributed by atoms with van der Waals surface area (Å²) in [4.78, 5) is 20.4. The Hall–Kier alpha value is -2.38. The molecule has 0 bridgehead atoms. The lowest BCUT2D eigenvalue weighted by atomic mass is 10.2. The van der Waals surface area contributed by atoms with Crippen molar-refractivity contribution in [2.24, 2.45) is 0 Å². The van der Waals surface area contributed by atoms with Crippen molar-refractivity contribution in [1.82, 2.24) is 24.8 Å². The number of halogens is 1. The van der Waals surface area contributed by atoms with Crippen LogP contribution in [0.4, 0.5) is 11.8 Å². The van der Waals surface area contributed by atoms with Crippen LogP contribution < -0.4 is 10.6 Å². The second-order valence-corrected chi connectivity index (χ2v) is 6.27. The fraction of sp³-hybridized carbons (Fsp3) is 0.312. The summed E-state index contributed by atoms with van der Waals surface area (Å²) in [6.45, 7) is 4.47. The maximum Gasteiger partial charge on any atom is 0.224 e. The van der Waals surface area contributed by atoms with Crippen LogP contribution in [0.2, 0.25) is 5.02 Å². The first-order valence-electron chi connectivity index (χ1n) is 7.88. The third-order valence-corrected chi connectivity index (χ3v) is 4.68. The van der Waals surface area contributed by atoms with Crippen molar-refractivity contribution in [3.63, 3.8) is 0 Å². The third kappa shape index (κ3) is 2.88. The molecule has 3 N–H and O–H groups in total. The molecular formula is C16H18ClN7. The van der Waals surface area contributed by atoms with Crippen molar-refractivity contribution in [3.05, 3.63) is 41.2 Å². The van der Waals surface area contributed by atoms with Crippen LogP contribution >= 0.6 is 11.6 Å². The van der Waals surface area contributed by atoms with Gasteiger partial charge in [0, 0.05) is 37.7 Å². The summed E-state index contributed by atoms with van der Waals surface area (Å²) >= 11 is 6.26. The van der Waals surface area contributed by atoms with E-state index in [0.29, 0.717) is 5.65 Å². The number of anilines is 2. The Morgan fingerprint density at radius 1 is 1.12 bits per heavy atom. The number of aromatic amines is 1. The summed E-state index contributed by atoms with van der Waals surface area (Å²) in [5, 5.41) is 0.822. The third-order valence-electron chi connectivity index (χ3n) is 4.31. The number of hydrogen-bond acceptors (Lipinski definition) is 6. The summed E-state index contributed by atoms with van der Waals surface area (Å²) in [5.74, 6) is 1.08. The molecule has 1 aliphatic rings. The van der Waals surface area contributed by atoms with E-state index in [1.807, 2.05) is 18.2 Å². The predicted octanol–water partition coefficient (Wildman–Crippen LogP) is 1.91. The first-order valence-corrected chi connectivity index (χ1v) is 8.26. The quantitative estimate of drug-likeness (QED) is 0.755. The second-order valence-electron chi connectivity index (χ2n) is 5.86. The van der Waals surface area contributed by atoms with Gasteiger partial charge in [-0.25, -0.2) is 4.98 Å². The SMILES string of the molecule is Nc1nc(N2CCN(Cc3ccccc3Cl)CC2)c2[nH]cnc2n1. The number of nitrogens with zero attached hydrogens (tertiary/aromatic N) is 5. The highest BCUT2D eigenvalue weighted by atomic mass is 35.5. The largest absolute Gasteiger partial charge is 0.368 e. The van der Waals surface area contributed by atoms with Gasteiger partial charge in [0.2, 0.25) is 5.95 Å². The molecule has 7 nitrogen and oxygen atoms in total. The van der Waals surface area contributed by atoms with Crippen molar-refractivity contribution in [2.75, 3.05) is 36.8 Å². The molecule has 4 rings (SSSR count). The zero-order valence-electron chi connectivity index (χ0n) is 13.1. The maximum absolute atomic E-state index is 6.26. The molecule has 0 saturated carbocycles. The van der Waals surface area contributed by atoms with Crippen molar-refractivity contribution in [1.29, 1.82) is 0 Å². The topological polar surface area (TPSA) is 87.0 Å². The molecule has 8 heteroatoms. The second kappa shape index (κ2) is 6.26. The van der Waals surface area contributed by atoms with E-state index in [9.17, 15) is 0 Å². The lowest BCUT2D eigenvalue weighted by molar-refractivity contribution is 0.249. The highest BCUT2D eigenvalue weighted by Gasteiger charge is 2.22. The summed E-state index contributed by atoms with van der Waals surface area (Å²) < 4.78 is 0. The fourth-order valence-corrected chi connectivity index (χ4v) is 3.24. The molecule has 0 spiro atoms. The summed E-state index contributed by atoms with van der Waals surface area (Å²) in [6.07, 6.45) is 1.62. The van der Waals surface area contributed by atoms with Crippen LogP contribution in [0.15, 0.2) is 30.6 Å². The summed E-state index contributed by atoms with van der Waals surface area (Å²) in [7, 11) is 0. The van der Waals surface area contributed by atoms with E-state index in [1.54, 1.807) is 6.33 Å². The number of imidazole rings is 1. The minimum absolute atomic E-state index is 0.253. The molecule has 1 aliphatic heterocycles. The van der Waals surface area contributed by atoms with Gasteiger partial charge in [-0.1, -0.05) is 29.8 Å². The Labute approximate surface area is 144 Å². The van der Waals surface area contributed by atoms with Crippen molar-refractivity contribution in [3.8, 4) is 0 Å². The van der Waals surface area contributed by atoms with E-state index in [1.165, 1.54) is 0 Å². The van der Waals surface area contributed by atoms with Gasteiger partial charge in [-0.15, -0.1) is 0 Å². The van der Waals surface area contributed by atoms with E-state index in [-0.39, 0.29) is 5.95 Å². The number of nitrogens with two attached hydrogens (primary N) is 1. The lowest BCUT2D eigenvalue weighted by Gasteiger charge is -2.35. The van der Waals surface area contributed by atoms with Crippen LogP contribution in [0, 0.1) is 0 Å². The van der Waals surface area contributed by atoms with E-state index in [0.717, 1.165) is 54.6 Å². The monoisotopic (exact) mass is 343 g/mol. The molecule has 1 aromatic carbocycles. The van der Waals surface area contributed by atoms with Gasteiger partial charge in [-0.3, -0.25) is 4.90 Å². The Morgan fingerprint density at radius 2 is 1.92 bits per heavy atom. The number of rotatable bonds is 3. The number of benzene rings is 1. The highest BCUT2D eigenvalue weighted by molar-refractivity contribution is 6.31. The minimum Gasteiger partial charge on any atom is -0.368 e. The standard InChI is InChI=1S/C16H18ClN7/c17-12-4-2-1-3-11(12)9-23-5-7-24(8-6-23)15-13-14(20-10-19-13)21-16(18)22-15/h1-4,10H,5-9H2,(H3,18,19,20,21,22). The van der Waals surface area contributed by atoms with Crippen molar-refractivity contribution >= 4 is 34.5 Å². The average Bonchev–Trinajstić information content (AvgIpc) is 3.05. The Kier molecular flexibility index (Phi) is 3.95. The zero-order chi connectivity index (χ0) is 16.5.